The van der Waals surface area contributed by atoms with Gasteiger partial charge in [0.2, 0.25) is 0 Å². The predicted octanol–water partition coefficient (Wildman–Crippen LogP) is 3.23. The number of halogens is 2. The lowest BCUT2D eigenvalue weighted by molar-refractivity contribution is 0.159. The Morgan fingerprint density at radius 3 is 2.84 bits per heavy atom. The third-order valence-corrected chi connectivity index (χ3v) is 3.09. The fraction of sp³-hybridized carbons (Fsp3) is 0.385. The number of alkyl halides is 2. The first-order chi connectivity index (χ1) is 9.16. The highest BCUT2D eigenvalue weighted by Gasteiger charge is 2.32. The number of cyclic esters (lactones) is 1. The van der Waals surface area contributed by atoms with Crippen molar-refractivity contribution in [3.05, 3.63) is 35.9 Å². The molecule has 0 N–H and O–H groups in total. The average molecular weight is 301 g/mol. The van der Waals surface area contributed by atoms with E-state index >= 15 is 0 Å². The van der Waals surface area contributed by atoms with Crippen molar-refractivity contribution in [2.45, 2.75) is 23.7 Å². The second-order valence-electron chi connectivity index (χ2n) is 4.19. The molecule has 0 radical (unpaired) electrons. The summed E-state index contributed by atoms with van der Waals surface area (Å²) in [6, 6.07) is 9.82. The van der Waals surface area contributed by atoms with Crippen LogP contribution in [0.5, 0.6) is 0 Å². The molecule has 1 aromatic rings. The van der Waals surface area contributed by atoms with E-state index in [4.69, 9.17) is 27.9 Å². The van der Waals surface area contributed by atoms with Crippen molar-refractivity contribution in [2.75, 3.05) is 6.61 Å². The second kappa shape index (κ2) is 6.78. The second-order valence-corrected chi connectivity index (χ2v) is 5.47. The standard InChI is InChI=1S/C13H14Cl2N2O2/c14-12(15)6-7-16-17-11(9-19-13(17)18)8-10-4-2-1-3-5-10/h1-5,7,11-12H,6,8-9H2/b16-7+/t11-/m0/s1. The maximum atomic E-state index is 11.6. The minimum atomic E-state index is -0.519. The third kappa shape index (κ3) is 4.11. The fourth-order valence-electron chi connectivity index (χ4n) is 1.84. The van der Waals surface area contributed by atoms with E-state index in [1.165, 1.54) is 11.2 Å². The number of benzene rings is 1. The van der Waals surface area contributed by atoms with Crippen LogP contribution in [0.1, 0.15) is 12.0 Å². The van der Waals surface area contributed by atoms with E-state index in [2.05, 4.69) is 5.10 Å². The maximum absolute atomic E-state index is 11.6. The number of carbonyl (C=O) groups excluding carboxylic acids is 1. The quantitative estimate of drug-likeness (QED) is 0.619. The first-order valence-corrected chi connectivity index (χ1v) is 6.84. The Balaban J connectivity index is 1.99. The van der Waals surface area contributed by atoms with Crippen molar-refractivity contribution in [3.63, 3.8) is 0 Å². The van der Waals surface area contributed by atoms with Gasteiger partial charge >= 0.3 is 6.09 Å². The van der Waals surface area contributed by atoms with Gasteiger partial charge in [-0.3, -0.25) is 0 Å². The van der Waals surface area contributed by atoms with Gasteiger partial charge in [0, 0.05) is 12.6 Å². The largest absolute Gasteiger partial charge is 0.446 e. The molecule has 1 amide bonds. The highest BCUT2D eigenvalue weighted by molar-refractivity contribution is 6.44. The summed E-state index contributed by atoms with van der Waals surface area (Å²) in [5, 5.41) is 5.44. The van der Waals surface area contributed by atoms with Gasteiger partial charge in [0.05, 0.1) is 6.04 Å². The molecule has 1 fully saturated rings. The summed E-state index contributed by atoms with van der Waals surface area (Å²) in [7, 11) is 0. The Hall–Kier alpha value is -1.26. The smallest absolute Gasteiger partial charge is 0.430 e. The zero-order valence-corrected chi connectivity index (χ0v) is 11.7. The van der Waals surface area contributed by atoms with Gasteiger partial charge < -0.3 is 4.74 Å². The Kier molecular flexibility index (Phi) is 5.05. The Bertz CT molecular complexity index is 451. The molecule has 0 aromatic heterocycles. The van der Waals surface area contributed by atoms with Crippen LogP contribution in [0.2, 0.25) is 0 Å². The van der Waals surface area contributed by atoms with E-state index in [0.29, 0.717) is 19.4 Å². The lowest BCUT2D eigenvalue weighted by Gasteiger charge is -2.15. The van der Waals surface area contributed by atoms with Crippen LogP contribution in [-0.2, 0) is 11.2 Å². The molecule has 1 atom stereocenters. The highest BCUT2D eigenvalue weighted by Crippen LogP contribution is 2.17. The molecule has 1 aliphatic heterocycles. The van der Waals surface area contributed by atoms with E-state index in [1.807, 2.05) is 30.3 Å². The van der Waals surface area contributed by atoms with Crippen molar-refractivity contribution >= 4 is 35.5 Å². The van der Waals surface area contributed by atoms with Crippen molar-refractivity contribution < 1.29 is 9.53 Å². The molecule has 0 unspecified atom stereocenters. The van der Waals surface area contributed by atoms with Gasteiger partial charge in [-0.25, -0.2) is 4.79 Å². The summed E-state index contributed by atoms with van der Waals surface area (Å²) < 4.78 is 5.02. The molecule has 0 saturated carbocycles. The number of nitrogens with zero attached hydrogens (tertiary/aromatic N) is 2. The number of hydrogen-bond acceptors (Lipinski definition) is 3. The number of amides is 1. The van der Waals surface area contributed by atoms with Crippen LogP contribution in [0.25, 0.3) is 0 Å². The summed E-state index contributed by atoms with van der Waals surface area (Å²) in [4.78, 5) is 11.1. The fourth-order valence-corrected chi connectivity index (χ4v) is 2.00. The molecule has 1 aromatic carbocycles. The first kappa shape index (κ1) is 14.2. The maximum Gasteiger partial charge on any atom is 0.430 e. The summed E-state index contributed by atoms with van der Waals surface area (Å²) in [5.41, 5.74) is 1.14. The number of hydrogen-bond donors (Lipinski definition) is 0. The van der Waals surface area contributed by atoms with E-state index in [1.54, 1.807) is 0 Å². The SMILES string of the molecule is O=C1OC[C@H](Cc2ccccc2)N1/N=C/CC(Cl)Cl. The van der Waals surface area contributed by atoms with E-state index < -0.39 is 10.9 Å². The van der Waals surface area contributed by atoms with Gasteiger partial charge in [-0.2, -0.15) is 10.1 Å². The molecule has 19 heavy (non-hydrogen) atoms. The Morgan fingerprint density at radius 2 is 2.16 bits per heavy atom. The molecule has 0 aliphatic carbocycles. The lowest BCUT2D eigenvalue weighted by Crippen LogP contribution is -2.30. The van der Waals surface area contributed by atoms with Crippen LogP contribution in [0.15, 0.2) is 35.4 Å². The molecule has 2 rings (SSSR count). The first-order valence-electron chi connectivity index (χ1n) is 5.97. The Labute approximate surface area is 121 Å². The van der Waals surface area contributed by atoms with Gasteiger partial charge in [-0.15, -0.1) is 23.2 Å². The van der Waals surface area contributed by atoms with Crippen molar-refractivity contribution in [1.29, 1.82) is 0 Å². The lowest BCUT2D eigenvalue weighted by atomic mass is 10.1. The van der Waals surface area contributed by atoms with Gasteiger partial charge in [0.1, 0.15) is 11.4 Å². The summed E-state index contributed by atoms with van der Waals surface area (Å²) in [5.74, 6) is 0. The Morgan fingerprint density at radius 1 is 1.42 bits per heavy atom. The van der Waals surface area contributed by atoms with Crippen LogP contribution < -0.4 is 0 Å². The summed E-state index contributed by atoms with van der Waals surface area (Å²) in [6.45, 7) is 0.343. The van der Waals surface area contributed by atoms with E-state index in [9.17, 15) is 4.79 Å². The summed E-state index contributed by atoms with van der Waals surface area (Å²) >= 11 is 11.2. The monoisotopic (exact) mass is 300 g/mol. The number of hydrazone groups is 1. The molecule has 1 saturated heterocycles. The molecule has 1 aliphatic rings. The van der Waals surface area contributed by atoms with Gasteiger partial charge in [-0.1, -0.05) is 30.3 Å². The average Bonchev–Trinajstić information content (AvgIpc) is 2.72. The molecule has 6 heteroatoms. The van der Waals surface area contributed by atoms with Crippen LogP contribution in [0.4, 0.5) is 4.79 Å². The molecule has 0 spiro atoms. The van der Waals surface area contributed by atoms with Crippen LogP contribution >= 0.6 is 23.2 Å². The number of ether oxygens (including phenoxy) is 1. The van der Waals surface area contributed by atoms with E-state index in [0.717, 1.165) is 5.56 Å². The van der Waals surface area contributed by atoms with E-state index in [-0.39, 0.29) is 6.04 Å². The molecule has 4 nitrogen and oxygen atoms in total. The number of carbonyl (C=O) groups is 1. The summed E-state index contributed by atoms with van der Waals surface area (Å²) in [6.07, 6.45) is 2.20. The number of rotatable bonds is 5. The molecular weight excluding hydrogens is 287 g/mol. The van der Waals surface area contributed by atoms with Crippen LogP contribution in [-0.4, -0.2) is 34.8 Å². The predicted molar refractivity (Wildman–Crippen MR) is 75.7 cm³/mol. The topological polar surface area (TPSA) is 41.9 Å². The molecule has 102 valence electrons. The van der Waals surface area contributed by atoms with Gasteiger partial charge in [0.15, 0.2) is 0 Å². The van der Waals surface area contributed by atoms with Gasteiger partial charge in [0.25, 0.3) is 0 Å². The zero-order chi connectivity index (χ0) is 13.7. The highest BCUT2D eigenvalue weighted by atomic mass is 35.5. The van der Waals surface area contributed by atoms with Crippen LogP contribution in [0, 0.1) is 0 Å². The third-order valence-electron chi connectivity index (χ3n) is 2.74. The van der Waals surface area contributed by atoms with Gasteiger partial charge in [-0.05, 0) is 12.0 Å². The van der Waals surface area contributed by atoms with Crippen molar-refractivity contribution in [2.24, 2.45) is 5.10 Å². The molecular formula is C13H14Cl2N2O2. The van der Waals surface area contributed by atoms with Crippen molar-refractivity contribution in [3.8, 4) is 0 Å². The minimum Gasteiger partial charge on any atom is -0.446 e. The zero-order valence-electron chi connectivity index (χ0n) is 10.2. The molecule has 0 bridgehead atoms. The minimum absolute atomic E-state index is 0.0877. The molecule has 1 heterocycles. The van der Waals surface area contributed by atoms with Crippen LogP contribution in [0.3, 0.4) is 0 Å². The van der Waals surface area contributed by atoms with Crippen molar-refractivity contribution in [1.82, 2.24) is 5.01 Å². The normalized spacial score (nSPS) is 19.4.